The molecule has 29 heavy (non-hydrogen) atoms. The molecule has 5 heteroatoms. The van der Waals surface area contributed by atoms with Crippen LogP contribution in [0.3, 0.4) is 0 Å². The molecule has 4 rings (SSSR count). The first-order chi connectivity index (χ1) is 14.0. The number of nitrogens with zero attached hydrogens (tertiary/aromatic N) is 2. The highest BCUT2D eigenvalue weighted by molar-refractivity contribution is 5.86. The first kappa shape index (κ1) is 19.2. The molecule has 1 unspecified atom stereocenters. The van der Waals surface area contributed by atoms with Gasteiger partial charge in [-0.25, -0.2) is 0 Å². The number of amides is 2. The van der Waals surface area contributed by atoms with Gasteiger partial charge in [0.05, 0.1) is 0 Å². The van der Waals surface area contributed by atoms with E-state index in [9.17, 15) is 9.59 Å². The molecule has 3 aromatic rings. The maximum absolute atomic E-state index is 13.2. The Morgan fingerprint density at radius 1 is 0.966 bits per heavy atom. The molecule has 0 radical (unpaired) electrons. The number of H-pyrrole nitrogens is 1. The SMILES string of the molecule is CC(=O)N1CCN(C(=O)CC(c2ccc(C)cc2)c2c[nH]c3ccccc23)CC1. The Bertz CT molecular complexity index is 1010. The van der Waals surface area contributed by atoms with Crippen LogP contribution in [-0.4, -0.2) is 52.8 Å². The van der Waals surface area contributed by atoms with Gasteiger partial charge in [-0.05, 0) is 24.1 Å². The topological polar surface area (TPSA) is 56.4 Å². The summed E-state index contributed by atoms with van der Waals surface area (Å²) in [5.41, 5.74) is 4.59. The van der Waals surface area contributed by atoms with Gasteiger partial charge in [0.2, 0.25) is 11.8 Å². The molecule has 1 fully saturated rings. The van der Waals surface area contributed by atoms with E-state index in [1.54, 1.807) is 11.8 Å². The summed E-state index contributed by atoms with van der Waals surface area (Å²) in [5, 5.41) is 1.16. The third-order valence-electron chi connectivity index (χ3n) is 5.93. The first-order valence-corrected chi connectivity index (χ1v) is 10.2. The van der Waals surface area contributed by atoms with Gasteiger partial charge in [0, 0.05) is 62.5 Å². The zero-order valence-corrected chi connectivity index (χ0v) is 17.0. The molecule has 2 amide bonds. The Hall–Kier alpha value is -3.08. The van der Waals surface area contributed by atoms with Crippen LogP contribution < -0.4 is 0 Å². The molecule has 150 valence electrons. The molecule has 0 saturated carbocycles. The number of piperazine rings is 1. The molecule has 2 heterocycles. The van der Waals surface area contributed by atoms with Gasteiger partial charge in [-0.15, -0.1) is 0 Å². The van der Waals surface area contributed by atoms with Gasteiger partial charge < -0.3 is 14.8 Å². The number of carbonyl (C=O) groups excluding carboxylic acids is 2. The molecule has 1 aliphatic heterocycles. The Kier molecular flexibility index (Phi) is 5.38. The summed E-state index contributed by atoms with van der Waals surface area (Å²) in [5.74, 6) is 0.211. The predicted octanol–water partition coefficient (Wildman–Crippen LogP) is 3.69. The van der Waals surface area contributed by atoms with Crippen molar-refractivity contribution in [3.8, 4) is 0 Å². The average Bonchev–Trinajstić information content (AvgIpc) is 3.16. The van der Waals surface area contributed by atoms with Crippen molar-refractivity contribution in [3.63, 3.8) is 0 Å². The summed E-state index contributed by atoms with van der Waals surface area (Å²) < 4.78 is 0. The number of fused-ring (bicyclic) bond motifs is 1. The lowest BCUT2D eigenvalue weighted by Gasteiger charge is -2.35. The van der Waals surface area contributed by atoms with E-state index in [2.05, 4.69) is 48.3 Å². The van der Waals surface area contributed by atoms with E-state index in [0.717, 1.165) is 22.0 Å². The van der Waals surface area contributed by atoms with Crippen molar-refractivity contribution in [2.45, 2.75) is 26.2 Å². The zero-order valence-electron chi connectivity index (χ0n) is 17.0. The number of nitrogens with one attached hydrogen (secondary N) is 1. The number of carbonyl (C=O) groups is 2. The molecule has 1 aromatic heterocycles. The van der Waals surface area contributed by atoms with Gasteiger partial charge in [0.1, 0.15) is 0 Å². The lowest BCUT2D eigenvalue weighted by molar-refractivity contribution is -0.138. The monoisotopic (exact) mass is 389 g/mol. The molecular weight excluding hydrogens is 362 g/mol. The summed E-state index contributed by atoms with van der Waals surface area (Å²) in [6, 6.07) is 16.7. The van der Waals surface area contributed by atoms with Gasteiger partial charge >= 0.3 is 0 Å². The summed E-state index contributed by atoms with van der Waals surface area (Å²) in [7, 11) is 0. The van der Waals surface area contributed by atoms with Gasteiger partial charge in [0.15, 0.2) is 0 Å². The summed E-state index contributed by atoms with van der Waals surface area (Å²) >= 11 is 0. The lowest BCUT2D eigenvalue weighted by atomic mass is 9.87. The number of aromatic amines is 1. The minimum atomic E-state index is -0.00918. The number of aromatic nitrogens is 1. The molecule has 0 bridgehead atoms. The number of para-hydroxylation sites is 1. The van der Waals surface area contributed by atoms with Gasteiger partial charge in [-0.1, -0.05) is 48.0 Å². The molecule has 1 aliphatic rings. The highest BCUT2D eigenvalue weighted by atomic mass is 16.2. The van der Waals surface area contributed by atoms with Crippen molar-refractivity contribution in [3.05, 3.63) is 71.4 Å². The van der Waals surface area contributed by atoms with Crippen LogP contribution in [0.2, 0.25) is 0 Å². The second-order valence-corrected chi connectivity index (χ2v) is 7.84. The summed E-state index contributed by atoms with van der Waals surface area (Å²) in [6.45, 7) is 6.10. The molecular formula is C24H27N3O2. The molecule has 0 aliphatic carbocycles. The van der Waals surface area contributed by atoms with Crippen LogP contribution in [0.15, 0.2) is 54.7 Å². The van der Waals surface area contributed by atoms with E-state index in [-0.39, 0.29) is 17.7 Å². The third-order valence-corrected chi connectivity index (χ3v) is 5.93. The van der Waals surface area contributed by atoms with Crippen molar-refractivity contribution >= 4 is 22.7 Å². The molecule has 1 saturated heterocycles. The molecule has 1 N–H and O–H groups in total. The fourth-order valence-electron chi connectivity index (χ4n) is 4.16. The lowest BCUT2D eigenvalue weighted by Crippen LogP contribution is -2.50. The summed E-state index contributed by atoms with van der Waals surface area (Å²) in [4.78, 5) is 31.8. The third kappa shape index (κ3) is 4.04. The van der Waals surface area contributed by atoms with Crippen molar-refractivity contribution in [2.24, 2.45) is 0 Å². The highest BCUT2D eigenvalue weighted by Gasteiger charge is 2.27. The van der Waals surface area contributed by atoms with Gasteiger partial charge in [0.25, 0.3) is 0 Å². The Morgan fingerprint density at radius 3 is 2.31 bits per heavy atom. The van der Waals surface area contributed by atoms with E-state index in [1.807, 2.05) is 23.2 Å². The maximum atomic E-state index is 13.2. The minimum Gasteiger partial charge on any atom is -0.361 e. The van der Waals surface area contributed by atoms with Crippen LogP contribution >= 0.6 is 0 Å². The molecule has 0 spiro atoms. The van der Waals surface area contributed by atoms with Crippen LogP contribution in [0, 0.1) is 6.92 Å². The normalized spacial score (nSPS) is 15.5. The number of hydrogen-bond donors (Lipinski definition) is 1. The average molecular weight is 389 g/mol. The van der Waals surface area contributed by atoms with E-state index in [1.165, 1.54) is 5.56 Å². The molecule has 2 aromatic carbocycles. The number of rotatable bonds is 4. The largest absolute Gasteiger partial charge is 0.361 e. The number of hydrogen-bond acceptors (Lipinski definition) is 2. The van der Waals surface area contributed by atoms with E-state index < -0.39 is 0 Å². The van der Waals surface area contributed by atoms with Crippen LogP contribution in [0.1, 0.15) is 36.0 Å². The highest BCUT2D eigenvalue weighted by Crippen LogP contribution is 2.34. The Balaban J connectivity index is 1.60. The second-order valence-electron chi connectivity index (χ2n) is 7.84. The van der Waals surface area contributed by atoms with Crippen LogP contribution in [-0.2, 0) is 9.59 Å². The van der Waals surface area contributed by atoms with Crippen molar-refractivity contribution < 1.29 is 9.59 Å². The maximum Gasteiger partial charge on any atom is 0.223 e. The first-order valence-electron chi connectivity index (χ1n) is 10.2. The fourth-order valence-corrected chi connectivity index (χ4v) is 4.16. The van der Waals surface area contributed by atoms with Crippen LogP contribution in [0.4, 0.5) is 0 Å². The van der Waals surface area contributed by atoms with E-state index >= 15 is 0 Å². The number of benzene rings is 2. The van der Waals surface area contributed by atoms with E-state index in [0.29, 0.717) is 32.6 Å². The standard InChI is InChI=1S/C24H27N3O2/c1-17-7-9-19(10-8-17)21(22-16-25-23-6-4-3-5-20(22)23)15-24(29)27-13-11-26(12-14-27)18(2)28/h3-10,16,21,25H,11-15H2,1-2H3. The van der Waals surface area contributed by atoms with Gasteiger partial charge in [-0.3, -0.25) is 9.59 Å². The van der Waals surface area contributed by atoms with Crippen LogP contribution in [0.25, 0.3) is 10.9 Å². The fraction of sp³-hybridized carbons (Fsp3) is 0.333. The van der Waals surface area contributed by atoms with Crippen molar-refractivity contribution in [2.75, 3.05) is 26.2 Å². The van der Waals surface area contributed by atoms with Crippen molar-refractivity contribution in [1.82, 2.24) is 14.8 Å². The zero-order chi connectivity index (χ0) is 20.4. The van der Waals surface area contributed by atoms with Crippen molar-refractivity contribution in [1.29, 1.82) is 0 Å². The quantitative estimate of drug-likeness (QED) is 0.740. The Labute approximate surface area is 171 Å². The Morgan fingerprint density at radius 2 is 1.62 bits per heavy atom. The second kappa shape index (κ2) is 8.11. The summed E-state index contributed by atoms with van der Waals surface area (Å²) in [6.07, 6.45) is 2.46. The van der Waals surface area contributed by atoms with E-state index in [4.69, 9.17) is 0 Å². The van der Waals surface area contributed by atoms with Gasteiger partial charge in [-0.2, -0.15) is 0 Å². The molecule has 1 atom stereocenters. The van der Waals surface area contributed by atoms with Crippen LogP contribution in [0.5, 0.6) is 0 Å². The minimum absolute atomic E-state index is 0.00918. The smallest absolute Gasteiger partial charge is 0.223 e. The predicted molar refractivity (Wildman–Crippen MR) is 115 cm³/mol. The number of aryl methyl sites for hydroxylation is 1. The molecule has 5 nitrogen and oxygen atoms in total.